The molecule has 4 heteroatoms. The zero-order chi connectivity index (χ0) is 14.6. The van der Waals surface area contributed by atoms with Crippen LogP contribution in [0.4, 0.5) is 0 Å². The number of fused-ring (bicyclic) bond motifs is 1. The number of aryl methyl sites for hydroxylation is 2. The zero-order valence-corrected chi connectivity index (χ0v) is 13.3. The molecule has 0 atom stereocenters. The summed E-state index contributed by atoms with van der Waals surface area (Å²) in [5.74, 6) is 0.802. The first-order chi connectivity index (χ1) is 8.51. The fourth-order valence-electron chi connectivity index (χ4n) is 2.32. The zero-order valence-electron chi connectivity index (χ0n) is 13.3. The summed E-state index contributed by atoms with van der Waals surface area (Å²) in [6.07, 6.45) is 0. The maximum absolute atomic E-state index is 4.85. The Morgan fingerprint density at radius 3 is 1.95 bits per heavy atom. The van der Waals surface area contributed by atoms with Crippen LogP contribution in [0.5, 0.6) is 0 Å². The van der Waals surface area contributed by atoms with Gasteiger partial charge in [-0.05, 0) is 34.6 Å². The molecule has 0 fully saturated rings. The van der Waals surface area contributed by atoms with Crippen LogP contribution in [0.15, 0.2) is 0 Å². The molecule has 4 nitrogen and oxygen atoms in total. The summed E-state index contributed by atoms with van der Waals surface area (Å²) in [5.41, 5.74) is 2.94. The minimum absolute atomic E-state index is 0.0157. The molecule has 19 heavy (non-hydrogen) atoms. The first-order valence-electron chi connectivity index (χ1n) is 6.77. The Balaban J connectivity index is 2.94. The van der Waals surface area contributed by atoms with Gasteiger partial charge in [-0.3, -0.25) is 0 Å². The molecule has 0 bridgehead atoms. The SMILES string of the molecule is Cc1nc(C)c2c(C(C)(C)C)nn(C(C)(C)C)c2n1. The molecule has 0 aliphatic heterocycles. The Morgan fingerprint density at radius 1 is 0.895 bits per heavy atom. The molecule has 2 aromatic heterocycles. The Bertz CT molecular complexity index is 624. The summed E-state index contributed by atoms with van der Waals surface area (Å²) in [7, 11) is 0. The van der Waals surface area contributed by atoms with Crippen molar-refractivity contribution in [3.63, 3.8) is 0 Å². The van der Waals surface area contributed by atoms with E-state index < -0.39 is 0 Å². The molecule has 0 aromatic carbocycles. The summed E-state index contributed by atoms with van der Waals surface area (Å²) in [6, 6.07) is 0. The van der Waals surface area contributed by atoms with Crippen molar-refractivity contribution in [2.75, 3.05) is 0 Å². The summed E-state index contributed by atoms with van der Waals surface area (Å²) >= 11 is 0. The molecule has 2 heterocycles. The van der Waals surface area contributed by atoms with Gasteiger partial charge in [0.2, 0.25) is 0 Å². The number of hydrogen-bond acceptors (Lipinski definition) is 3. The van der Waals surface area contributed by atoms with Crippen molar-refractivity contribution in [2.45, 2.75) is 66.3 Å². The first kappa shape index (κ1) is 14.0. The molecule has 2 rings (SSSR count). The molecule has 0 N–H and O–H groups in total. The van der Waals surface area contributed by atoms with E-state index in [0.29, 0.717) is 0 Å². The third kappa shape index (κ3) is 2.36. The fourth-order valence-corrected chi connectivity index (χ4v) is 2.32. The normalized spacial score (nSPS) is 13.3. The van der Waals surface area contributed by atoms with Crippen LogP contribution in [0.3, 0.4) is 0 Å². The summed E-state index contributed by atoms with van der Waals surface area (Å²) < 4.78 is 2.03. The second-order valence-corrected chi connectivity index (χ2v) is 7.24. The largest absolute Gasteiger partial charge is 0.242 e. The van der Waals surface area contributed by atoms with E-state index in [1.54, 1.807) is 0 Å². The van der Waals surface area contributed by atoms with Crippen LogP contribution in [0, 0.1) is 13.8 Å². The van der Waals surface area contributed by atoms with Crippen LogP contribution in [0.25, 0.3) is 11.0 Å². The van der Waals surface area contributed by atoms with Crippen LogP contribution < -0.4 is 0 Å². The summed E-state index contributed by atoms with van der Waals surface area (Å²) in [4.78, 5) is 9.13. The Morgan fingerprint density at radius 2 is 1.47 bits per heavy atom. The molecule has 104 valence electrons. The van der Waals surface area contributed by atoms with Gasteiger partial charge in [0.05, 0.1) is 22.3 Å². The van der Waals surface area contributed by atoms with Crippen molar-refractivity contribution < 1.29 is 0 Å². The van der Waals surface area contributed by atoms with Gasteiger partial charge in [-0.25, -0.2) is 14.6 Å². The monoisotopic (exact) mass is 260 g/mol. The summed E-state index contributed by atoms with van der Waals surface area (Å²) in [6.45, 7) is 17.0. The number of nitrogens with zero attached hydrogens (tertiary/aromatic N) is 4. The Kier molecular flexibility index (Phi) is 2.96. The topological polar surface area (TPSA) is 43.6 Å². The predicted octanol–water partition coefficient (Wildman–Crippen LogP) is 3.50. The van der Waals surface area contributed by atoms with E-state index in [9.17, 15) is 0 Å². The lowest BCUT2D eigenvalue weighted by atomic mass is 9.90. The maximum atomic E-state index is 4.85. The lowest BCUT2D eigenvalue weighted by Crippen LogP contribution is -2.24. The van der Waals surface area contributed by atoms with Gasteiger partial charge in [0.15, 0.2) is 5.65 Å². The highest BCUT2D eigenvalue weighted by atomic mass is 15.3. The third-order valence-corrected chi connectivity index (χ3v) is 3.17. The quantitative estimate of drug-likeness (QED) is 0.728. The molecule has 0 radical (unpaired) electrons. The molecular formula is C15H24N4. The van der Waals surface area contributed by atoms with E-state index in [1.807, 2.05) is 18.5 Å². The second kappa shape index (κ2) is 4.02. The van der Waals surface area contributed by atoms with Crippen molar-refractivity contribution in [1.82, 2.24) is 19.7 Å². The Hall–Kier alpha value is -1.45. The van der Waals surface area contributed by atoms with Crippen LogP contribution in [0.1, 0.15) is 58.8 Å². The van der Waals surface area contributed by atoms with Gasteiger partial charge in [0.25, 0.3) is 0 Å². The van der Waals surface area contributed by atoms with Gasteiger partial charge in [0, 0.05) is 5.41 Å². The summed E-state index contributed by atoms with van der Waals surface area (Å²) in [5, 5.41) is 5.95. The van der Waals surface area contributed by atoms with Crippen LogP contribution in [-0.2, 0) is 11.0 Å². The van der Waals surface area contributed by atoms with E-state index in [-0.39, 0.29) is 11.0 Å². The predicted molar refractivity (Wildman–Crippen MR) is 78.5 cm³/mol. The number of aromatic nitrogens is 4. The van der Waals surface area contributed by atoms with Gasteiger partial charge < -0.3 is 0 Å². The van der Waals surface area contributed by atoms with Crippen molar-refractivity contribution in [3.8, 4) is 0 Å². The lowest BCUT2D eigenvalue weighted by Gasteiger charge is -2.20. The van der Waals surface area contributed by atoms with Crippen molar-refractivity contribution >= 4 is 11.0 Å². The average Bonchev–Trinajstić information content (AvgIpc) is 2.55. The highest BCUT2D eigenvalue weighted by Crippen LogP contribution is 2.32. The van der Waals surface area contributed by atoms with E-state index in [4.69, 9.17) is 5.10 Å². The van der Waals surface area contributed by atoms with Crippen molar-refractivity contribution in [2.24, 2.45) is 0 Å². The molecule has 0 amide bonds. The van der Waals surface area contributed by atoms with E-state index >= 15 is 0 Å². The van der Waals surface area contributed by atoms with E-state index in [1.165, 1.54) is 0 Å². The molecule has 2 aromatic rings. The molecule has 0 saturated carbocycles. The van der Waals surface area contributed by atoms with Crippen molar-refractivity contribution in [3.05, 3.63) is 17.2 Å². The minimum atomic E-state index is -0.0883. The fraction of sp³-hybridized carbons (Fsp3) is 0.667. The molecular weight excluding hydrogens is 236 g/mol. The average molecular weight is 260 g/mol. The van der Waals surface area contributed by atoms with Gasteiger partial charge in [-0.1, -0.05) is 20.8 Å². The van der Waals surface area contributed by atoms with Crippen LogP contribution in [0.2, 0.25) is 0 Å². The molecule has 0 spiro atoms. The molecule has 0 unspecified atom stereocenters. The van der Waals surface area contributed by atoms with Crippen LogP contribution in [-0.4, -0.2) is 19.7 Å². The highest BCUT2D eigenvalue weighted by Gasteiger charge is 2.28. The van der Waals surface area contributed by atoms with E-state index in [2.05, 4.69) is 51.5 Å². The van der Waals surface area contributed by atoms with Crippen molar-refractivity contribution in [1.29, 1.82) is 0 Å². The second-order valence-electron chi connectivity index (χ2n) is 7.24. The number of rotatable bonds is 0. The molecule has 0 saturated heterocycles. The van der Waals surface area contributed by atoms with Crippen LogP contribution >= 0.6 is 0 Å². The van der Waals surface area contributed by atoms with Gasteiger partial charge >= 0.3 is 0 Å². The molecule has 0 aliphatic carbocycles. The highest BCUT2D eigenvalue weighted by molar-refractivity contribution is 5.82. The van der Waals surface area contributed by atoms with Gasteiger partial charge in [-0.2, -0.15) is 5.10 Å². The molecule has 0 aliphatic rings. The minimum Gasteiger partial charge on any atom is -0.242 e. The van der Waals surface area contributed by atoms with E-state index in [0.717, 1.165) is 28.2 Å². The van der Waals surface area contributed by atoms with Gasteiger partial charge in [0.1, 0.15) is 5.82 Å². The Labute approximate surface area is 115 Å². The number of hydrogen-bond donors (Lipinski definition) is 0. The smallest absolute Gasteiger partial charge is 0.162 e. The third-order valence-electron chi connectivity index (χ3n) is 3.17. The lowest BCUT2D eigenvalue weighted by molar-refractivity contribution is 0.357. The first-order valence-corrected chi connectivity index (χ1v) is 6.77. The standard InChI is InChI=1S/C15H24N4/c1-9-11-12(14(3,4)5)18-19(15(6,7)8)13(11)17-10(2)16-9/h1-8H3. The maximum Gasteiger partial charge on any atom is 0.162 e. The van der Waals surface area contributed by atoms with Gasteiger partial charge in [-0.15, -0.1) is 0 Å².